The molecule has 134 valence electrons. The number of hydrogen-bond acceptors (Lipinski definition) is 2. The molecule has 5 rings (SSSR count). The second-order valence-corrected chi connectivity index (χ2v) is 8.14. The molecule has 0 N–H and O–H groups in total. The minimum absolute atomic E-state index is 0.00927. The highest BCUT2D eigenvalue weighted by atomic mass is 16.2. The Morgan fingerprint density at radius 1 is 0.885 bits per heavy atom. The Balaban J connectivity index is 1.49. The highest BCUT2D eigenvalue weighted by Crippen LogP contribution is 2.58. The van der Waals surface area contributed by atoms with Crippen molar-refractivity contribution in [3.05, 3.63) is 53.1 Å². The smallest absolute Gasteiger partial charge is 0.238 e. The van der Waals surface area contributed by atoms with Gasteiger partial charge < -0.3 is 0 Å². The zero-order chi connectivity index (χ0) is 17.8. The first-order chi connectivity index (χ1) is 12.7. The van der Waals surface area contributed by atoms with Crippen LogP contribution in [0.15, 0.2) is 47.6 Å². The van der Waals surface area contributed by atoms with Crippen molar-refractivity contribution in [1.82, 2.24) is 0 Å². The van der Waals surface area contributed by atoms with Gasteiger partial charge in [-0.2, -0.15) is 0 Å². The highest BCUT2D eigenvalue weighted by molar-refractivity contribution is 6.23. The number of nitrogens with zero attached hydrogens (tertiary/aromatic N) is 1. The molecule has 0 aromatic heterocycles. The van der Waals surface area contributed by atoms with E-state index in [-0.39, 0.29) is 35.5 Å². The van der Waals surface area contributed by atoms with E-state index >= 15 is 0 Å². The molecule has 3 aliphatic carbocycles. The Morgan fingerprint density at radius 3 is 2.00 bits per heavy atom. The van der Waals surface area contributed by atoms with E-state index in [1.54, 1.807) is 5.57 Å². The first-order valence-corrected chi connectivity index (χ1v) is 10.1. The number of benzene rings is 1. The molecule has 0 spiro atoms. The Hall–Kier alpha value is -2.16. The van der Waals surface area contributed by atoms with Crippen LogP contribution in [0, 0.1) is 23.7 Å². The molecule has 3 heteroatoms. The Kier molecular flexibility index (Phi) is 3.66. The summed E-state index contributed by atoms with van der Waals surface area (Å²) in [7, 11) is 0. The molecular formula is C23H25NO2. The van der Waals surface area contributed by atoms with Crippen LogP contribution in [0.25, 0.3) is 0 Å². The molecule has 3 fully saturated rings. The van der Waals surface area contributed by atoms with Crippen LogP contribution in [0.3, 0.4) is 0 Å². The van der Waals surface area contributed by atoms with E-state index in [0.717, 1.165) is 24.9 Å². The summed E-state index contributed by atoms with van der Waals surface area (Å²) < 4.78 is 0. The fourth-order valence-corrected chi connectivity index (χ4v) is 5.64. The van der Waals surface area contributed by atoms with Crippen LogP contribution in [0.2, 0.25) is 0 Å². The standard InChI is InChI=1S/C23H25NO2/c1-2-14-8-10-16(11-9-14)24-22(25)20-17-12-13-18(21(20)23(24)26)19(17)15-6-4-3-5-7-15/h8-13,17-18,20-21H,2-7H2,1H3/t17-,18+,20+,21-. The van der Waals surface area contributed by atoms with Gasteiger partial charge in [0.2, 0.25) is 11.8 Å². The molecule has 1 aromatic carbocycles. The fraction of sp³-hybridized carbons (Fsp3) is 0.478. The van der Waals surface area contributed by atoms with E-state index in [9.17, 15) is 9.59 Å². The second-order valence-electron chi connectivity index (χ2n) is 8.14. The topological polar surface area (TPSA) is 37.4 Å². The summed E-state index contributed by atoms with van der Waals surface area (Å²) in [5, 5.41) is 0. The van der Waals surface area contributed by atoms with Gasteiger partial charge in [0.1, 0.15) is 0 Å². The number of anilines is 1. The van der Waals surface area contributed by atoms with Gasteiger partial charge in [-0.1, -0.05) is 48.8 Å². The van der Waals surface area contributed by atoms with Gasteiger partial charge >= 0.3 is 0 Å². The SMILES string of the molecule is CCc1ccc(N2C(=O)[C@@H]3[C@H](C2=O)[C@H]2C=C[C@@H]3C2=C2CCCCC2)cc1. The summed E-state index contributed by atoms with van der Waals surface area (Å²) >= 11 is 0. The Bertz CT molecular complexity index is 790. The van der Waals surface area contributed by atoms with Crippen LogP contribution in [0.1, 0.15) is 44.6 Å². The number of aryl methyl sites for hydroxylation is 1. The maximum absolute atomic E-state index is 13.2. The maximum Gasteiger partial charge on any atom is 0.238 e. The molecule has 1 aliphatic heterocycles. The highest BCUT2D eigenvalue weighted by Gasteiger charge is 2.62. The second kappa shape index (κ2) is 5.94. The molecule has 2 amide bonds. The summed E-state index contributed by atoms with van der Waals surface area (Å²) in [6, 6.07) is 7.88. The summed E-state index contributed by atoms with van der Waals surface area (Å²) in [4.78, 5) is 27.9. The molecule has 1 aromatic rings. The molecule has 2 saturated carbocycles. The quantitative estimate of drug-likeness (QED) is 0.586. The lowest BCUT2D eigenvalue weighted by molar-refractivity contribution is -0.122. The lowest BCUT2D eigenvalue weighted by atomic mass is 9.85. The molecule has 3 nitrogen and oxygen atoms in total. The van der Waals surface area contributed by atoms with Crippen LogP contribution in [-0.2, 0) is 16.0 Å². The molecule has 26 heavy (non-hydrogen) atoms. The van der Waals surface area contributed by atoms with Crippen molar-refractivity contribution in [2.45, 2.75) is 45.4 Å². The zero-order valence-corrected chi connectivity index (χ0v) is 15.3. The van der Waals surface area contributed by atoms with Crippen molar-refractivity contribution in [3.8, 4) is 0 Å². The number of hydrogen-bond donors (Lipinski definition) is 0. The fourth-order valence-electron chi connectivity index (χ4n) is 5.64. The predicted octanol–water partition coefficient (Wildman–Crippen LogP) is 4.43. The number of carbonyl (C=O) groups is 2. The number of fused-ring (bicyclic) bond motifs is 5. The average molecular weight is 347 g/mol. The number of rotatable bonds is 2. The van der Waals surface area contributed by atoms with Crippen molar-refractivity contribution in [3.63, 3.8) is 0 Å². The monoisotopic (exact) mass is 347 g/mol. The third kappa shape index (κ3) is 2.12. The summed E-state index contributed by atoms with van der Waals surface area (Å²) in [5.41, 5.74) is 4.93. The van der Waals surface area contributed by atoms with Crippen molar-refractivity contribution in [2.24, 2.45) is 23.7 Å². The van der Waals surface area contributed by atoms with Gasteiger partial charge in [-0.3, -0.25) is 9.59 Å². The Morgan fingerprint density at radius 2 is 1.46 bits per heavy atom. The van der Waals surface area contributed by atoms with Crippen LogP contribution in [0.5, 0.6) is 0 Å². The van der Waals surface area contributed by atoms with Gasteiger partial charge in [0, 0.05) is 11.8 Å². The van der Waals surface area contributed by atoms with Crippen LogP contribution < -0.4 is 4.90 Å². The van der Waals surface area contributed by atoms with E-state index in [0.29, 0.717) is 0 Å². The zero-order valence-electron chi connectivity index (χ0n) is 15.3. The van der Waals surface area contributed by atoms with E-state index in [1.807, 2.05) is 24.3 Å². The third-order valence-corrected chi connectivity index (χ3v) is 6.88. The third-order valence-electron chi connectivity index (χ3n) is 6.88. The summed E-state index contributed by atoms with van der Waals surface area (Å²) in [6.45, 7) is 2.11. The van der Waals surface area contributed by atoms with Crippen LogP contribution in [-0.4, -0.2) is 11.8 Å². The van der Waals surface area contributed by atoms with E-state index < -0.39 is 0 Å². The molecule has 4 atom stereocenters. The van der Waals surface area contributed by atoms with E-state index in [2.05, 4.69) is 19.1 Å². The number of amides is 2. The van der Waals surface area contributed by atoms with E-state index in [4.69, 9.17) is 0 Å². The van der Waals surface area contributed by atoms with Crippen LogP contribution in [0.4, 0.5) is 5.69 Å². The first-order valence-electron chi connectivity index (χ1n) is 10.1. The molecule has 0 radical (unpaired) electrons. The lowest BCUT2D eigenvalue weighted by Gasteiger charge is -2.23. The van der Waals surface area contributed by atoms with Gasteiger partial charge in [0.15, 0.2) is 0 Å². The molecule has 1 saturated heterocycles. The number of carbonyl (C=O) groups excluding carboxylic acids is 2. The van der Waals surface area contributed by atoms with Crippen LogP contribution >= 0.6 is 0 Å². The molecule has 1 heterocycles. The molecule has 2 bridgehead atoms. The maximum atomic E-state index is 13.2. The minimum atomic E-state index is -0.173. The molecule has 0 unspecified atom stereocenters. The summed E-state index contributed by atoms with van der Waals surface area (Å²) in [6.07, 6.45) is 11.5. The molecule has 4 aliphatic rings. The van der Waals surface area contributed by atoms with Crippen molar-refractivity contribution in [1.29, 1.82) is 0 Å². The largest absolute Gasteiger partial charge is 0.274 e. The molecular weight excluding hydrogens is 322 g/mol. The van der Waals surface area contributed by atoms with Crippen molar-refractivity contribution in [2.75, 3.05) is 4.90 Å². The normalized spacial score (nSPS) is 32.7. The van der Waals surface area contributed by atoms with Crippen molar-refractivity contribution < 1.29 is 9.59 Å². The van der Waals surface area contributed by atoms with Gasteiger partial charge in [-0.05, 0) is 49.8 Å². The number of allylic oxidation sites excluding steroid dienone is 4. The van der Waals surface area contributed by atoms with Crippen molar-refractivity contribution >= 4 is 17.5 Å². The number of imide groups is 1. The van der Waals surface area contributed by atoms with Gasteiger partial charge in [-0.25, -0.2) is 4.90 Å². The lowest BCUT2D eigenvalue weighted by Crippen LogP contribution is -2.33. The van der Waals surface area contributed by atoms with Gasteiger partial charge in [0.25, 0.3) is 0 Å². The Labute approximate surface area is 154 Å². The predicted molar refractivity (Wildman–Crippen MR) is 102 cm³/mol. The average Bonchev–Trinajstić information content (AvgIpc) is 3.32. The van der Waals surface area contributed by atoms with E-state index in [1.165, 1.54) is 35.3 Å². The van der Waals surface area contributed by atoms with Gasteiger partial charge in [-0.15, -0.1) is 0 Å². The first kappa shape index (κ1) is 16.0. The summed E-state index contributed by atoms with van der Waals surface area (Å²) in [5.74, 6) is -0.00509. The van der Waals surface area contributed by atoms with Gasteiger partial charge in [0.05, 0.1) is 17.5 Å². The minimum Gasteiger partial charge on any atom is -0.274 e.